The lowest BCUT2D eigenvalue weighted by molar-refractivity contribution is 0.243. The second kappa shape index (κ2) is 3.55. The summed E-state index contributed by atoms with van der Waals surface area (Å²) in [6, 6.07) is 3.71. The summed E-state index contributed by atoms with van der Waals surface area (Å²) in [5, 5.41) is 8.66. The third kappa shape index (κ3) is 2.37. The summed E-state index contributed by atoms with van der Waals surface area (Å²) in [6.07, 6.45) is 0.722. The number of aliphatic hydroxyl groups is 1. The third-order valence-corrected chi connectivity index (χ3v) is 1.40. The molecule has 1 unspecified atom stereocenters. The molecule has 0 saturated carbocycles. The van der Waals surface area contributed by atoms with Crippen LogP contribution in [0.1, 0.15) is 18.4 Å². The first-order chi connectivity index (χ1) is 5.22. The Bertz CT molecular complexity index is 218. The van der Waals surface area contributed by atoms with Crippen LogP contribution in [0.25, 0.3) is 0 Å². The van der Waals surface area contributed by atoms with Crippen LogP contribution in [0.5, 0.6) is 0 Å². The Kier molecular flexibility index (Phi) is 2.68. The van der Waals surface area contributed by atoms with Gasteiger partial charge in [-0.05, 0) is 19.1 Å². The summed E-state index contributed by atoms with van der Waals surface area (Å²) < 4.78 is 5.21. The number of aliphatic hydroxyl groups excluding tert-OH is 1. The van der Waals surface area contributed by atoms with Gasteiger partial charge in [0.2, 0.25) is 0 Å². The van der Waals surface area contributed by atoms with Gasteiger partial charge in [0.15, 0.2) is 0 Å². The Morgan fingerprint density at radius 3 is 2.64 bits per heavy atom. The van der Waals surface area contributed by atoms with E-state index in [0.717, 1.165) is 12.2 Å². The van der Waals surface area contributed by atoms with Crippen LogP contribution < -0.4 is 5.73 Å². The van der Waals surface area contributed by atoms with Gasteiger partial charge in [-0.25, -0.2) is 0 Å². The zero-order valence-corrected chi connectivity index (χ0v) is 6.58. The molecular formula is C8H13NO2. The molecule has 0 amide bonds. The van der Waals surface area contributed by atoms with E-state index in [1.54, 1.807) is 6.07 Å². The van der Waals surface area contributed by atoms with E-state index in [4.69, 9.17) is 15.3 Å². The molecule has 0 fully saturated rings. The highest BCUT2D eigenvalue weighted by Crippen LogP contribution is 2.08. The lowest BCUT2D eigenvalue weighted by Crippen LogP contribution is -2.17. The van der Waals surface area contributed by atoms with E-state index < -0.39 is 0 Å². The molecule has 3 N–H and O–H groups in total. The minimum absolute atomic E-state index is 0.0427. The molecule has 11 heavy (non-hydrogen) atoms. The molecule has 1 aromatic heterocycles. The molecule has 0 aliphatic carbocycles. The van der Waals surface area contributed by atoms with Gasteiger partial charge in [-0.2, -0.15) is 0 Å². The van der Waals surface area contributed by atoms with Crippen molar-refractivity contribution < 1.29 is 9.52 Å². The smallest absolute Gasteiger partial charge is 0.129 e. The van der Waals surface area contributed by atoms with Crippen LogP contribution in [0, 0.1) is 0 Å². The molecule has 0 spiro atoms. The predicted octanol–water partition coefficient (Wildman–Crippen LogP) is 0.662. The average molecular weight is 155 g/mol. The minimum Gasteiger partial charge on any atom is -0.464 e. The summed E-state index contributed by atoms with van der Waals surface area (Å²) in [4.78, 5) is 0. The molecule has 0 bridgehead atoms. The highest BCUT2D eigenvalue weighted by molar-refractivity contribution is 5.07. The number of nitrogens with two attached hydrogens (primary N) is 1. The molecule has 1 rings (SSSR count). The van der Waals surface area contributed by atoms with E-state index in [1.807, 2.05) is 13.0 Å². The van der Waals surface area contributed by atoms with Gasteiger partial charge < -0.3 is 15.3 Å². The largest absolute Gasteiger partial charge is 0.464 e. The number of rotatable bonds is 3. The van der Waals surface area contributed by atoms with Gasteiger partial charge in [0, 0.05) is 12.5 Å². The van der Waals surface area contributed by atoms with E-state index in [2.05, 4.69) is 0 Å². The number of hydrogen-bond acceptors (Lipinski definition) is 3. The first-order valence-corrected chi connectivity index (χ1v) is 3.66. The zero-order chi connectivity index (χ0) is 8.27. The Morgan fingerprint density at radius 1 is 1.55 bits per heavy atom. The van der Waals surface area contributed by atoms with Gasteiger partial charge in [0.25, 0.3) is 0 Å². The maximum Gasteiger partial charge on any atom is 0.129 e. The van der Waals surface area contributed by atoms with Crippen molar-refractivity contribution in [2.75, 3.05) is 0 Å². The average Bonchev–Trinajstić information content (AvgIpc) is 2.34. The van der Waals surface area contributed by atoms with Crippen molar-refractivity contribution in [2.45, 2.75) is 26.0 Å². The third-order valence-electron chi connectivity index (χ3n) is 1.40. The van der Waals surface area contributed by atoms with E-state index in [0.29, 0.717) is 5.76 Å². The summed E-state index contributed by atoms with van der Waals surface area (Å²) in [7, 11) is 0. The summed E-state index contributed by atoms with van der Waals surface area (Å²) >= 11 is 0. The minimum atomic E-state index is -0.0427. The molecule has 0 radical (unpaired) electrons. The molecule has 62 valence electrons. The van der Waals surface area contributed by atoms with Gasteiger partial charge >= 0.3 is 0 Å². The summed E-state index contributed by atoms with van der Waals surface area (Å²) in [5.74, 6) is 1.43. The molecule has 0 saturated heterocycles. The molecule has 0 aromatic carbocycles. The second-order valence-electron chi connectivity index (χ2n) is 2.71. The molecule has 0 aliphatic heterocycles. The lowest BCUT2D eigenvalue weighted by atomic mass is 10.2. The second-order valence-corrected chi connectivity index (χ2v) is 2.71. The van der Waals surface area contributed by atoms with Crippen molar-refractivity contribution in [3.63, 3.8) is 0 Å². The standard InChI is InChI=1S/C8H13NO2/c1-6(9)4-7-2-3-8(5-10)11-7/h2-3,6,10H,4-5,9H2,1H3. The predicted molar refractivity (Wildman–Crippen MR) is 42.0 cm³/mol. The van der Waals surface area contributed by atoms with Crippen molar-refractivity contribution in [3.8, 4) is 0 Å². The number of furan rings is 1. The number of hydrogen-bond donors (Lipinski definition) is 2. The van der Waals surface area contributed by atoms with Crippen molar-refractivity contribution >= 4 is 0 Å². The van der Waals surface area contributed by atoms with E-state index in [-0.39, 0.29) is 12.6 Å². The SMILES string of the molecule is CC(N)Cc1ccc(CO)o1. The van der Waals surface area contributed by atoms with Gasteiger partial charge in [-0.1, -0.05) is 0 Å². The Balaban J connectivity index is 2.58. The van der Waals surface area contributed by atoms with Crippen LogP contribution in [0.3, 0.4) is 0 Å². The van der Waals surface area contributed by atoms with Crippen LogP contribution >= 0.6 is 0 Å². The van der Waals surface area contributed by atoms with Crippen LogP contribution in [0.15, 0.2) is 16.5 Å². The van der Waals surface area contributed by atoms with Crippen LogP contribution in [0.4, 0.5) is 0 Å². The summed E-state index contributed by atoms with van der Waals surface area (Å²) in [5.41, 5.74) is 5.55. The zero-order valence-electron chi connectivity index (χ0n) is 6.58. The molecule has 3 nitrogen and oxygen atoms in total. The quantitative estimate of drug-likeness (QED) is 0.674. The first-order valence-electron chi connectivity index (χ1n) is 3.66. The van der Waals surface area contributed by atoms with Crippen molar-refractivity contribution in [1.29, 1.82) is 0 Å². The van der Waals surface area contributed by atoms with Crippen molar-refractivity contribution in [1.82, 2.24) is 0 Å². The topological polar surface area (TPSA) is 59.4 Å². The fourth-order valence-corrected chi connectivity index (χ4v) is 0.934. The molecule has 3 heteroatoms. The fourth-order valence-electron chi connectivity index (χ4n) is 0.934. The van der Waals surface area contributed by atoms with Gasteiger partial charge in [0.1, 0.15) is 18.1 Å². The highest BCUT2D eigenvalue weighted by Gasteiger charge is 2.02. The normalized spacial score (nSPS) is 13.4. The maximum absolute atomic E-state index is 8.66. The highest BCUT2D eigenvalue weighted by atomic mass is 16.4. The maximum atomic E-state index is 8.66. The van der Waals surface area contributed by atoms with E-state index >= 15 is 0 Å². The van der Waals surface area contributed by atoms with Gasteiger partial charge in [-0.15, -0.1) is 0 Å². The monoisotopic (exact) mass is 155 g/mol. The fraction of sp³-hybridized carbons (Fsp3) is 0.500. The lowest BCUT2D eigenvalue weighted by Gasteiger charge is -1.99. The van der Waals surface area contributed by atoms with Crippen LogP contribution in [-0.2, 0) is 13.0 Å². The summed E-state index contributed by atoms with van der Waals surface area (Å²) in [6.45, 7) is 1.88. The Hall–Kier alpha value is -0.800. The van der Waals surface area contributed by atoms with E-state index in [9.17, 15) is 0 Å². The van der Waals surface area contributed by atoms with Crippen LogP contribution in [-0.4, -0.2) is 11.1 Å². The Morgan fingerprint density at radius 2 is 2.18 bits per heavy atom. The van der Waals surface area contributed by atoms with Crippen molar-refractivity contribution in [2.24, 2.45) is 5.73 Å². The van der Waals surface area contributed by atoms with E-state index in [1.165, 1.54) is 0 Å². The first kappa shape index (κ1) is 8.30. The molecule has 1 atom stereocenters. The molecular weight excluding hydrogens is 142 g/mol. The van der Waals surface area contributed by atoms with Gasteiger partial charge in [0.05, 0.1) is 0 Å². The van der Waals surface area contributed by atoms with Crippen LogP contribution in [0.2, 0.25) is 0 Å². The Labute approximate surface area is 65.8 Å². The molecule has 1 aromatic rings. The van der Waals surface area contributed by atoms with Gasteiger partial charge in [-0.3, -0.25) is 0 Å². The molecule has 0 aliphatic rings. The molecule has 1 heterocycles. The van der Waals surface area contributed by atoms with Crippen molar-refractivity contribution in [3.05, 3.63) is 23.7 Å².